The number of carboxylic acids is 1. The maximum atomic E-state index is 12.8. The van der Waals surface area contributed by atoms with Gasteiger partial charge in [-0.3, -0.25) is 4.79 Å². The highest BCUT2D eigenvalue weighted by molar-refractivity contribution is 6.16. The second kappa shape index (κ2) is 7.07. The van der Waals surface area contributed by atoms with Gasteiger partial charge in [0.05, 0.1) is 11.1 Å². The molecular formula is C18H19NO4. The molecule has 120 valence electrons. The van der Waals surface area contributed by atoms with Crippen LogP contribution in [0.3, 0.4) is 0 Å². The number of carbonyl (C=O) groups excluding carboxylic acids is 1. The third-order valence-corrected chi connectivity index (χ3v) is 3.82. The summed E-state index contributed by atoms with van der Waals surface area (Å²) in [5.74, 6) is 3.94. The highest BCUT2D eigenvalue weighted by Gasteiger charge is 2.27. The monoisotopic (exact) mass is 313 g/mol. The average molecular weight is 313 g/mol. The Hall–Kier alpha value is -2.66. The molecule has 5 nitrogen and oxygen atoms in total. The van der Waals surface area contributed by atoms with Crippen LogP contribution in [0.4, 0.5) is 0 Å². The van der Waals surface area contributed by atoms with E-state index in [1.165, 1.54) is 0 Å². The van der Waals surface area contributed by atoms with Crippen molar-refractivity contribution in [2.24, 2.45) is 5.90 Å². The Balaban J connectivity index is 2.79. The van der Waals surface area contributed by atoms with Crippen molar-refractivity contribution in [3.05, 3.63) is 64.2 Å². The van der Waals surface area contributed by atoms with Crippen LogP contribution >= 0.6 is 0 Å². The van der Waals surface area contributed by atoms with Gasteiger partial charge in [0, 0.05) is 11.1 Å². The van der Waals surface area contributed by atoms with Gasteiger partial charge in [-0.2, -0.15) is 5.90 Å². The first-order chi connectivity index (χ1) is 11.0. The molecule has 0 aliphatic heterocycles. The van der Waals surface area contributed by atoms with E-state index in [-0.39, 0.29) is 16.9 Å². The maximum Gasteiger partial charge on any atom is 0.336 e. The number of hydrogen-bond donors (Lipinski definition) is 2. The molecule has 0 heterocycles. The topological polar surface area (TPSA) is 89.6 Å². The predicted molar refractivity (Wildman–Crippen MR) is 86.8 cm³/mol. The van der Waals surface area contributed by atoms with E-state index in [1.807, 2.05) is 13.8 Å². The Bertz CT molecular complexity index is 738. The van der Waals surface area contributed by atoms with Crippen LogP contribution in [0.5, 0.6) is 5.75 Å². The van der Waals surface area contributed by atoms with Gasteiger partial charge in [-0.25, -0.2) is 4.79 Å². The highest BCUT2D eigenvalue weighted by atomic mass is 16.6. The zero-order chi connectivity index (χ0) is 17.0. The van der Waals surface area contributed by atoms with Gasteiger partial charge >= 0.3 is 5.97 Å². The molecule has 5 heteroatoms. The van der Waals surface area contributed by atoms with E-state index in [1.54, 1.807) is 36.4 Å². The number of benzene rings is 2. The largest absolute Gasteiger partial charge is 0.478 e. The summed E-state index contributed by atoms with van der Waals surface area (Å²) in [6, 6.07) is 10.0. The highest BCUT2D eigenvalue weighted by Crippen LogP contribution is 2.33. The number of hydrogen-bond acceptors (Lipinski definition) is 4. The molecular weight excluding hydrogens is 294 g/mol. The van der Waals surface area contributed by atoms with Crippen LogP contribution < -0.4 is 10.7 Å². The first-order valence-electron chi connectivity index (χ1n) is 7.43. The Kier molecular flexibility index (Phi) is 5.13. The zero-order valence-corrected chi connectivity index (χ0v) is 13.1. The summed E-state index contributed by atoms with van der Waals surface area (Å²) in [4.78, 5) is 29.4. The Morgan fingerprint density at radius 2 is 1.78 bits per heavy atom. The fourth-order valence-electron chi connectivity index (χ4n) is 2.71. The van der Waals surface area contributed by atoms with E-state index in [4.69, 9.17) is 10.7 Å². The van der Waals surface area contributed by atoms with Crippen LogP contribution in [0, 0.1) is 0 Å². The Morgan fingerprint density at radius 1 is 1.13 bits per heavy atom. The summed E-state index contributed by atoms with van der Waals surface area (Å²) in [5.41, 5.74) is 1.88. The van der Waals surface area contributed by atoms with Crippen LogP contribution in [-0.2, 0) is 12.8 Å². The van der Waals surface area contributed by atoms with Crippen molar-refractivity contribution in [1.29, 1.82) is 0 Å². The fraction of sp³-hybridized carbons (Fsp3) is 0.222. The molecule has 0 amide bonds. The van der Waals surface area contributed by atoms with Gasteiger partial charge in [-0.15, -0.1) is 0 Å². The minimum Gasteiger partial charge on any atom is -0.478 e. The number of ketones is 1. The van der Waals surface area contributed by atoms with Crippen molar-refractivity contribution in [2.45, 2.75) is 26.7 Å². The standard InChI is InChI=1S/C18H19NO4/c1-3-11-10-14(18(21)22)15(17(23-19)13(11)4-2)16(20)12-8-6-5-7-9-12/h5-10H,3-4,19H2,1-2H3,(H,21,22). The third-order valence-electron chi connectivity index (χ3n) is 3.82. The molecule has 3 N–H and O–H groups in total. The van der Waals surface area contributed by atoms with E-state index >= 15 is 0 Å². The molecule has 0 unspecified atom stereocenters. The molecule has 23 heavy (non-hydrogen) atoms. The number of carboxylic acid groups (broad SMARTS) is 1. The van der Waals surface area contributed by atoms with Crippen molar-refractivity contribution in [1.82, 2.24) is 0 Å². The lowest BCUT2D eigenvalue weighted by atomic mass is 9.90. The normalized spacial score (nSPS) is 10.4. The molecule has 0 aliphatic rings. The number of aryl methyl sites for hydroxylation is 1. The summed E-state index contributed by atoms with van der Waals surface area (Å²) < 4.78 is 0. The minimum absolute atomic E-state index is 0.000231. The van der Waals surface area contributed by atoms with Crippen LogP contribution in [-0.4, -0.2) is 16.9 Å². The summed E-state index contributed by atoms with van der Waals surface area (Å²) in [6.07, 6.45) is 1.21. The molecule has 0 atom stereocenters. The second-order valence-electron chi connectivity index (χ2n) is 5.09. The molecule has 2 rings (SSSR count). The molecule has 0 aromatic heterocycles. The van der Waals surface area contributed by atoms with Gasteiger partial charge in [0.15, 0.2) is 11.5 Å². The summed E-state index contributed by atoms with van der Waals surface area (Å²) in [6.45, 7) is 3.83. The fourth-order valence-corrected chi connectivity index (χ4v) is 2.71. The molecule has 0 aliphatic carbocycles. The van der Waals surface area contributed by atoms with Crippen molar-refractivity contribution >= 4 is 11.8 Å². The minimum atomic E-state index is -1.18. The van der Waals surface area contributed by atoms with Gasteiger partial charge in [0.2, 0.25) is 0 Å². The SMILES string of the molecule is CCc1cc(C(=O)O)c(C(=O)c2ccccc2)c(ON)c1CC. The molecule has 2 aromatic carbocycles. The molecule has 0 spiro atoms. The van der Waals surface area contributed by atoms with Gasteiger partial charge in [-0.05, 0) is 24.5 Å². The van der Waals surface area contributed by atoms with Gasteiger partial charge < -0.3 is 9.94 Å². The van der Waals surface area contributed by atoms with Crippen molar-refractivity contribution < 1.29 is 19.5 Å². The zero-order valence-electron chi connectivity index (χ0n) is 13.1. The van der Waals surface area contributed by atoms with Crippen LogP contribution in [0.1, 0.15) is 51.3 Å². The number of carbonyl (C=O) groups is 2. The Labute approximate surface area is 134 Å². The van der Waals surface area contributed by atoms with Crippen molar-refractivity contribution in [3.8, 4) is 5.75 Å². The number of aromatic carboxylic acids is 1. The molecule has 0 bridgehead atoms. The van der Waals surface area contributed by atoms with Crippen LogP contribution in [0.15, 0.2) is 36.4 Å². The summed E-state index contributed by atoms with van der Waals surface area (Å²) >= 11 is 0. The lowest BCUT2D eigenvalue weighted by Crippen LogP contribution is -2.18. The van der Waals surface area contributed by atoms with E-state index in [9.17, 15) is 14.7 Å². The lowest BCUT2D eigenvalue weighted by molar-refractivity contribution is 0.0691. The molecule has 0 radical (unpaired) electrons. The molecule has 0 saturated carbocycles. The predicted octanol–water partition coefficient (Wildman–Crippen LogP) is 2.99. The van der Waals surface area contributed by atoms with E-state index in [0.29, 0.717) is 18.4 Å². The quantitative estimate of drug-likeness (QED) is 0.632. The van der Waals surface area contributed by atoms with Gasteiger partial charge in [0.25, 0.3) is 0 Å². The summed E-state index contributed by atoms with van der Waals surface area (Å²) in [5, 5.41) is 9.52. The van der Waals surface area contributed by atoms with E-state index in [2.05, 4.69) is 0 Å². The van der Waals surface area contributed by atoms with Crippen LogP contribution in [0.25, 0.3) is 0 Å². The third kappa shape index (κ3) is 3.10. The van der Waals surface area contributed by atoms with Crippen molar-refractivity contribution in [2.75, 3.05) is 0 Å². The van der Waals surface area contributed by atoms with E-state index in [0.717, 1.165) is 11.1 Å². The van der Waals surface area contributed by atoms with Crippen LogP contribution in [0.2, 0.25) is 0 Å². The smallest absolute Gasteiger partial charge is 0.336 e. The second-order valence-corrected chi connectivity index (χ2v) is 5.09. The van der Waals surface area contributed by atoms with Crippen molar-refractivity contribution in [3.63, 3.8) is 0 Å². The molecule has 2 aromatic rings. The molecule has 0 saturated heterocycles. The number of nitrogens with two attached hydrogens (primary N) is 1. The lowest BCUT2D eigenvalue weighted by Gasteiger charge is -2.17. The van der Waals surface area contributed by atoms with Gasteiger partial charge in [0.1, 0.15) is 0 Å². The number of rotatable bonds is 6. The molecule has 0 fully saturated rings. The van der Waals surface area contributed by atoms with Gasteiger partial charge in [-0.1, -0.05) is 44.2 Å². The summed E-state index contributed by atoms with van der Waals surface area (Å²) in [7, 11) is 0. The average Bonchev–Trinajstić information content (AvgIpc) is 2.59. The first-order valence-corrected chi connectivity index (χ1v) is 7.43. The van der Waals surface area contributed by atoms with E-state index < -0.39 is 11.8 Å². The first kappa shape index (κ1) is 16.7. The maximum absolute atomic E-state index is 12.8. The Morgan fingerprint density at radius 3 is 2.26 bits per heavy atom.